The molecule has 2 atom stereocenters. The second-order valence-electron chi connectivity index (χ2n) is 6.73. The lowest BCUT2D eigenvalue weighted by molar-refractivity contribution is -0.862. The minimum atomic E-state index is -1.63. The zero-order valence-electron chi connectivity index (χ0n) is 15.1. The number of anilines is 1. The molecule has 1 fully saturated rings. The van der Waals surface area contributed by atoms with Crippen LogP contribution in [0.1, 0.15) is 32.6 Å². The molecule has 1 aliphatic heterocycles. The standard InChI is InChI=1S/C18H24F3N3O2/c1-3-12-6-4-5-9-24(12)16(26)11-23(2)10-15(25)22-14-8-7-13(19)17(20)18(14)21/h7-8,12H,3-6,9-11H2,1-2H3,(H,22,25)/p+1/t12-/m1/s1. The van der Waals surface area contributed by atoms with E-state index >= 15 is 0 Å². The van der Waals surface area contributed by atoms with E-state index in [0.29, 0.717) is 4.90 Å². The van der Waals surface area contributed by atoms with Crippen LogP contribution in [0.25, 0.3) is 0 Å². The topological polar surface area (TPSA) is 53.9 Å². The Kier molecular flexibility index (Phi) is 7.02. The van der Waals surface area contributed by atoms with Gasteiger partial charge in [-0.05, 0) is 37.8 Å². The number of carbonyl (C=O) groups is 2. The molecule has 0 radical (unpaired) electrons. The van der Waals surface area contributed by atoms with Crippen LogP contribution in [0.3, 0.4) is 0 Å². The molecule has 1 aromatic carbocycles. The molecule has 26 heavy (non-hydrogen) atoms. The molecule has 2 rings (SSSR count). The Bertz CT molecular complexity index is 669. The summed E-state index contributed by atoms with van der Waals surface area (Å²) in [5.74, 6) is -4.98. The number of hydrogen-bond acceptors (Lipinski definition) is 2. The third-order valence-electron chi connectivity index (χ3n) is 4.64. The van der Waals surface area contributed by atoms with E-state index in [9.17, 15) is 22.8 Å². The highest BCUT2D eigenvalue weighted by Gasteiger charge is 2.27. The quantitative estimate of drug-likeness (QED) is 0.741. The average molecular weight is 372 g/mol. The van der Waals surface area contributed by atoms with Crippen molar-refractivity contribution in [3.8, 4) is 0 Å². The molecule has 0 aliphatic carbocycles. The van der Waals surface area contributed by atoms with Gasteiger partial charge < -0.3 is 15.1 Å². The molecule has 5 nitrogen and oxygen atoms in total. The summed E-state index contributed by atoms with van der Waals surface area (Å²) in [6, 6.07) is 1.95. The number of quaternary nitrogens is 1. The number of halogens is 3. The van der Waals surface area contributed by atoms with Gasteiger partial charge in [-0.15, -0.1) is 0 Å². The van der Waals surface area contributed by atoms with Gasteiger partial charge in [0.2, 0.25) is 0 Å². The van der Waals surface area contributed by atoms with Crippen molar-refractivity contribution in [2.45, 2.75) is 38.6 Å². The summed E-state index contributed by atoms with van der Waals surface area (Å²) in [4.78, 5) is 27.0. The van der Waals surface area contributed by atoms with Gasteiger partial charge in [-0.1, -0.05) is 6.92 Å². The van der Waals surface area contributed by atoms with Crippen LogP contribution in [0, 0.1) is 17.5 Å². The van der Waals surface area contributed by atoms with E-state index < -0.39 is 29.0 Å². The lowest BCUT2D eigenvalue weighted by Gasteiger charge is -2.35. The minimum Gasteiger partial charge on any atom is -0.335 e. The number of nitrogens with one attached hydrogen (secondary N) is 2. The number of piperidine rings is 1. The smallest absolute Gasteiger partial charge is 0.279 e. The summed E-state index contributed by atoms with van der Waals surface area (Å²) in [6.07, 6.45) is 4.00. The number of nitrogens with zero attached hydrogens (tertiary/aromatic N) is 1. The molecule has 1 heterocycles. The van der Waals surface area contributed by atoms with E-state index in [1.165, 1.54) is 0 Å². The van der Waals surface area contributed by atoms with Gasteiger partial charge in [-0.2, -0.15) is 0 Å². The van der Waals surface area contributed by atoms with Gasteiger partial charge in [0, 0.05) is 12.6 Å². The molecule has 144 valence electrons. The van der Waals surface area contributed by atoms with Gasteiger partial charge in [-0.3, -0.25) is 9.59 Å². The normalized spacial score (nSPS) is 18.5. The maximum absolute atomic E-state index is 13.6. The molecular weight excluding hydrogens is 347 g/mol. The van der Waals surface area contributed by atoms with Crippen LogP contribution < -0.4 is 10.2 Å². The molecule has 1 unspecified atom stereocenters. The zero-order valence-corrected chi connectivity index (χ0v) is 15.1. The van der Waals surface area contributed by atoms with Crippen LogP contribution in [-0.4, -0.2) is 49.4 Å². The first-order chi connectivity index (χ1) is 12.3. The second kappa shape index (κ2) is 9.02. The third-order valence-corrected chi connectivity index (χ3v) is 4.64. The Morgan fingerprint density at radius 1 is 1.19 bits per heavy atom. The second-order valence-corrected chi connectivity index (χ2v) is 6.73. The Morgan fingerprint density at radius 2 is 1.92 bits per heavy atom. The molecule has 1 saturated heterocycles. The number of carbonyl (C=O) groups excluding carboxylic acids is 2. The van der Waals surface area contributed by atoms with Crippen LogP contribution in [0.15, 0.2) is 12.1 Å². The summed E-state index contributed by atoms with van der Waals surface area (Å²) in [6.45, 7) is 2.84. The van der Waals surface area contributed by atoms with E-state index in [1.807, 2.05) is 4.90 Å². The monoisotopic (exact) mass is 372 g/mol. The molecule has 2 N–H and O–H groups in total. The van der Waals surface area contributed by atoms with Crippen molar-refractivity contribution in [3.63, 3.8) is 0 Å². The van der Waals surface area contributed by atoms with Crippen molar-refractivity contribution in [3.05, 3.63) is 29.6 Å². The van der Waals surface area contributed by atoms with Crippen LogP contribution >= 0.6 is 0 Å². The van der Waals surface area contributed by atoms with Gasteiger partial charge in [0.25, 0.3) is 11.8 Å². The number of likely N-dealkylation sites (tertiary alicyclic amines) is 1. The van der Waals surface area contributed by atoms with Crippen molar-refractivity contribution in [2.24, 2.45) is 0 Å². The first kappa shape index (κ1) is 20.2. The summed E-state index contributed by atoms with van der Waals surface area (Å²) >= 11 is 0. The SMILES string of the molecule is CC[C@@H]1CCCCN1C(=O)C[NH+](C)CC(=O)Nc1ccc(F)c(F)c1F. The van der Waals surface area contributed by atoms with Crippen molar-refractivity contribution in [2.75, 3.05) is 32.0 Å². The summed E-state index contributed by atoms with van der Waals surface area (Å²) in [7, 11) is 1.68. The summed E-state index contributed by atoms with van der Waals surface area (Å²) < 4.78 is 39.7. The molecule has 0 bridgehead atoms. The minimum absolute atomic E-state index is 0.0131. The largest absolute Gasteiger partial charge is 0.335 e. The Morgan fingerprint density at radius 3 is 2.62 bits per heavy atom. The molecule has 1 aliphatic rings. The number of amides is 2. The van der Waals surface area contributed by atoms with Gasteiger partial charge in [0.15, 0.2) is 30.5 Å². The van der Waals surface area contributed by atoms with Crippen LogP contribution in [-0.2, 0) is 9.59 Å². The molecule has 0 saturated carbocycles. The highest BCUT2D eigenvalue weighted by molar-refractivity contribution is 5.91. The fourth-order valence-corrected chi connectivity index (χ4v) is 3.27. The highest BCUT2D eigenvalue weighted by Crippen LogP contribution is 2.20. The van der Waals surface area contributed by atoms with Crippen molar-refractivity contribution < 1.29 is 27.7 Å². The zero-order chi connectivity index (χ0) is 19.3. The van der Waals surface area contributed by atoms with E-state index in [0.717, 1.165) is 44.4 Å². The maximum atomic E-state index is 13.6. The number of likely N-dealkylation sites (N-methyl/N-ethyl adjacent to an activating group) is 1. The first-order valence-electron chi connectivity index (χ1n) is 8.87. The fraction of sp³-hybridized carbons (Fsp3) is 0.556. The van der Waals surface area contributed by atoms with E-state index in [4.69, 9.17) is 0 Å². The van der Waals surface area contributed by atoms with Gasteiger partial charge >= 0.3 is 0 Å². The van der Waals surface area contributed by atoms with Crippen molar-refractivity contribution in [1.82, 2.24) is 4.90 Å². The van der Waals surface area contributed by atoms with E-state index in [-0.39, 0.29) is 25.0 Å². The molecule has 0 spiro atoms. The van der Waals surface area contributed by atoms with Crippen molar-refractivity contribution >= 4 is 17.5 Å². The Hall–Kier alpha value is -2.09. The molecule has 8 heteroatoms. The Balaban J connectivity index is 1.89. The first-order valence-corrected chi connectivity index (χ1v) is 8.87. The van der Waals surface area contributed by atoms with Gasteiger partial charge in [-0.25, -0.2) is 13.2 Å². The Labute approximate surface area is 151 Å². The molecule has 1 aromatic rings. The number of benzene rings is 1. The summed E-state index contributed by atoms with van der Waals surface area (Å²) in [5.41, 5.74) is -0.421. The van der Waals surface area contributed by atoms with Gasteiger partial charge in [0.1, 0.15) is 0 Å². The van der Waals surface area contributed by atoms with Crippen molar-refractivity contribution in [1.29, 1.82) is 0 Å². The van der Waals surface area contributed by atoms with Crippen LogP contribution in [0.5, 0.6) is 0 Å². The highest BCUT2D eigenvalue weighted by atomic mass is 19.2. The van der Waals surface area contributed by atoms with E-state index in [1.54, 1.807) is 7.05 Å². The number of rotatable bonds is 6. The van der Waals surface area contributed by atoms with Gasteiger partial charge in [0.05, 0.1) is 12.7 Å². The van der Waals surface area contributed by atoms with Crippen LogP contribution in [0.4, 0.5) is 18.9 Å². The maximum Gasteiger partial charge on any atom is 0.279 e. The summed E-state index contributed by atoms with van der Waals surface area (Å²) in [5, 5.41) is 2.22. The predicted molar refractivity (Wildman–Crippen MR) is 91.2 cm³/mol. The molecule has 2 amide bonds. The lowest BCUT2D eigenvalue weighted by Crippen LogP contribution is -3.11. The van der Waals surface area contributed by atoms with E-state index in [2.05, 4.69) is 12.2 Å². The fourth-order valence-electron chi connectivity index (χ4n) is 3.27. The predicted octanol–water partition coefficient (Wildman–Crippen LogP) is 1.35. The average Bonchev–Trinajstić information content (AvgIpc) is 2.61. The third kappa shape index (κ3) is 4.97. The number of hydrogen-bond donors (Lipinski definition) is 2. The molecule has 0 aromatic heterocycles. The van der Waals surface area contributed by atoms with Crippen LogP contribution in [0.2, 0.25) is 0 Å². The molecular formula is C18H25F3N3O2+. The lowest BCUT2D eigenvalue weighted by atomic mass is 10.00.